The molecule has 2 N–H and O–H groups in total. The summed E-state index contributed by atoms with van der Waals surface area (Å²) in [4.78, 5) is 0. The number of aromatic nitrogens is 1. The van der Waals surface area contributed by atoms with Crippen molar-refractivity contribution in [3.8, 4) is 0 Å². The standard InChI is InChI=1S/C17H20N4S/c22-17(19-15-6-2-1-3-7-15)20-18-12-14-10-11-21(13-14)16-8-4-5-9-16/h1-3,6-7,10-13,16H,4-5,8-9H2,(H2,19,20,22)/b18-12+. The van der Waals surface area contributed by atoms with Crippen LogP contribution < -0.4 is 10.7 Å². The van der Waals surface area contributed by atoms with E-state index in [1.54, 1.807) is 6.21 Å². The lowest BCUT2D eigenvalue weighted by Crippen LogP contribution is -2.23. The van der Waals surface area contributed by atoms with Gasteiger partial charge >= 0.3 is 0 Å². The molecule has 2 aromatic rings. The van der Waals surface area contributed by atoms with Crippen LogP contribution in [0.5, 0.6) is 0 Å². The first-order valence-corrected chi connectivity index (χ1v) is 8.05. The van der Waals surface area contributed by atoms with Gasteiger partial charge in [-0.2, -0.15) is 5.10 Å². The average Bonchev–Trinajstić information content (AvgIpc) is 3.19. The van der Waals surface area contributed by atoms with E-state index < -0.39 is 0 Å². The molecule has 0 atom stereocenters. The Bertz CT molecular complexity index is 642. The first-order chi connectivity index (χ1) is 10.8. The molecule has 3 rings (SSSR count). The fourth-order valence-corrected chi connectivity index (χ4v) is 2.95. The first-order valence-electron chi connectivity index (χ1n) is 7.64. The molecule has 4 nitrogen and oxygen atoms in total. The lowest BCUT2D eigenvalue weighted by Gasteiger charge is -2.10. The third-order valence-electron chi connectivity index (χ3n) is 3.89. The van der Waals surface area contributed by atoms with E-state index in [9.17, 15) is 0 Å². The number of hydrazone groups is 1. The van der Waals surface area contributed by atoms with Crippen LogP contribution in [0.4, 0.5) is 5.69 Å². The molecule has 0 aliphatic heterocycles. The summed E-state index contributed by atoms with van der Waals surface area (Å²) in [5, 5.41) is 7.75. The van der Waals surface area contributed by atoms with Crippen LogP contribution in [0.2, 0.25) is 0 Å². The van der Waals surface area contributed by atoms with Crippen molar-refractivity contribution in [3.63, 3.8) is 0 Å². The summed E-state index contributed by atoms with van der Waals surface area (Å²) < 4.78 is 2.30. The highest BCUT2D eigenvalue weighted by molar-refractivity contribution is 7.80. The van der Waals surface area contributed by atoms with Gasteiger partial charge < -0.3 is 9.88 Å². The Morgan fingerprint density at radius 2 is 1.95 bits per heavy atom. The number of hydrogen-bond donors (Lipinski definition) is 2. The van der Waals surface area contributed by atoms with Gasteiger partial charge in [-0.15, -0.1) is 0 Å². The molecule has 0 amide bonds. The molecule has 0 radical (unpaired) electrons. The summed E-state index contributed by atoms with van der Waals surface area (Å²) in [6.45, 7) is 0. The maximum atomic E-state index is 5.20. The minimum Gasteiger partial charge on any atom is -0.351 e. The fraction of sp³-hybridized carbons (Fsp3) is 0.294. The van der Waals surface area contributed by atoms with Crippen LogP contribution in [0, 0.1) is 0 Å². The number of thiocarbonyl (C=S) groups is 1. The second-order valence-electron chi connectivity index (χ2n) is 5.52. The first kappa shape index (κ1) is 14.8. The van der Waals surface area contributed by atoms with Crippen LogP contribution in [-0.2, 0) is 0 Å². The zero-order valence-electron chi connectivity index (χ0n) is 12.4. The zero-order chi connectivity index (χ0) is 15.2. The van der Waals surface area contributed by atoms with E-state index in [1.807, 2.05) is 30.3 Å². The van der Waals surface area contributed by atoms with E-state index in [4.69, 9.17) is 12.2 Å². The van der Waals surface area contributed by atoms with E-state index in [2.05, 4.69) is 38.9 Å². The number of hydrogen-bond acceptors (Lipinski definition) is 2. The molecule has 1 aromatic carbocycles. The number of benzene rings is 1. The zero-order valence-corrected chi connectivity index (χ0v) is 13.2. The number of nitrogens with zero attached hydrogens (tertiary/aromatic N) is 2. The highest BCUT2D eigenvalue weighted by Crippen LogP contribution is 2.29. The molecule has 1 heterocycles. The second kappa shape index (κ2) is 7.22. The Morgan fingerprint density at radius 1 is 1.18 bits per heavy atom. The van der Waals surface area contributed by atoms with Crippen molar-refractivity contribution in [2.75, 3.05) is 5.32 Å². The van der Waals surface area contributed by atoms with Crippen molar-refractivity contribution in [3.05, 3.63) is 54.4 Å². The monoisotopic (exact) mass is 312 g/mol. The minimum absolute atomic E-state index is 0.484. The highest BCUT2D eigenvalue weighted by atomic mass is 32.1. The van der Waals surface area contributed by atoms with Crippen LogP contribution in [0.3, 0.4) is 0 Å². The minimum atomic E-state index is 0.484. The molecule has 0 unspecified atom stereocenters. The molecule has 1 aliphatic carbocycles. The highest BCUT2D eigenvalue weighted by Gasteiger charge is 2.15. The Labute approximate surface area is 136 Å². The predicted octanol–water partition coefficient (Wildman–Crippen LogP) is 3.92. The Balaban J connectivity index is 1.50. The van der Waals surface area contributed by atoms with E-state index in [1.165, 1.54) is 25.7 Å². The molecule has 0 spiro atoms. The molecule has 0 saturated heterocycles. The summed E-state index contributed by atoms with van der Waals surface area (Å²) in [6.07, 6.45) is 11.3. The molecule has 5 heteroatoms. The SMILES string of the molecule is S=C(N/N=C/c1ccn(C2CCCC2)c1)Nc1ccccc1. The Kier molecular flexibility index (Phi) is 4.85. The molecule has 1 fully saturated rings. The summed E-state index contributed by atoms with van der Waals surface area (Å²) in [7, 11) is 0. The predicted molar refractivity (Wildman–Crippen MR) is 95.3 cm³/mol. The van der Waals surface area contributed by atoms with Crippen molar-refractivity contribution in [1.82, 2.24) is 9.99 Å². The van der Waals surface area contributed by atoms with Crippen molar-refractivity contribution in [2.45, 2.75) is 31.7 Å². The summed E-state index contributed by atoms with van der Waals surface area (Å²) in [5.74, 6) is 0. The molecular formula is C17H20N4S. The number of nitrogens with one attached hydrogen (secondary N) is 2. The van der Waals surface area contributed by atoms with Gasteiger partial charge in [0, 0.05) is 29.7 Å². The third kappa shape index (κ3) is 3.95. The molecule has 1 aromatic heterocycles. The van der Waals surface area contributed by atoms with E-state index in [0.717, 1.165) is 11.3 Å². The van der Waals surface area contributed by atoms with Crippen LogP contribution in [0.25, 0.3) is 0 Å². The van der Waals surface area contributed by atoms with Gasteiger partial charge in [0.25, 0.3) is 0 Å². The summed E-state index contributed by atoms with van der Waals surface area (Å²) in [5.41, 5.74) is 4.87. The molecule has 1 saturated carbocycles. The summed E-state index contributed by atoms with van der Waals surface area (Å²) in [6, 6.07) is 12.5. The van der Waals surface area contributed by atoms with E-state index >= 15 is 0 Å². The fourth-order valence-electron chi connectivity index (χ4n) is 2.78. The van der Waals surface area contributed by atoms with Gasteiger partial charge in [-0.05, 0) is 43.3 Å². The van der Waals surface area contributed by atoms with Gasteiger partial charge in [0.2, 0.25) is 0 Å². The maximum absolute atomic E-state index is 5.20. The van der Waals surface area contributed by atoms with Gasteiger partial charge in [0.15, 0.2) is 5.11 Å². The van der Waals surface area contributed by atoms with Gasteiger partial charge in [-0.3, -0.25) is 5.43 Å². The lowest BCUT2D eigenvalue weighted by molar-refractivity contribution is 0.521. The second-order valence-corrected chi connectivity index (χ2v) is 5.93. The smallest absolute Gasteiger partial charge is 0.191 e. The van der Waals surface area contributed by atoms with Gasteiger partial charge in [-0.1, -0.05) is 31.0 Å². The molecular weight excluding hydrogens is 292 g/mol. The van der Waals surface area contributed by atoms with Gasteiger partial charge in [0.05, 0.1) is 6.21 Å². The van der Waals surface area contributed by atoms with Crippen molar-refractivity contribution in [2.24, 2.45) is 5.10 Å². The topological polar surface area (TPSA) is 41.4 Å². The van der Waals surface area contributed by atoms with Crippen molar-refractivity contribution >= 4 is 29.2 Å². The van der Waals surface area contributed by atoms with Crippen LogP contribution in [0.15, 0.2) is 53.9 Å². The summed E-state index contributed by atoms with van der Waals surface area (Å²) >= 11 is 5.20. The van der Waals surface area contributed by atoms with Crippen molar-refractivity contribution in [1.29, 1.82) is 0 Å². The Morgan fingerprint density at radius 3 is 2.73 bits per heavy atom. The average molecular weight is 312 g/mol. The van der Waals surface area contributed by atoms with Gasteiger partial charge in [0.1, 0.15) is 0 Å². The van der Waals surface area contributed by atoms with Crippen LogP contribution in [0.1, 0.15) is 37.3 Å². The normalized spacial score (nSPS) is 15.3. The molecule has 22 heavy (non-hydrogen) atoms. The van der Waals surface area contributed by atoms with Gasteiger partial charge in [-0.25, -0.2) is 0 Å². The molecule has 1 aliphatic rings. The largest absolute Gasteiger partial charge is 0.351 e. The quantitative estimate of drug-likeness (QED) is 0.511. The Hall–Kier alpha value is -2.14. The maximum Gasteiger partial charge on any atom is 0.191 e. The lowest BCUT2D eigenvalue weighted by atomic mass is 10.2. The molecule has 0 bridgehead atoms. The third-order valence-corrected chi connectivity index (χ3v) is 4.09. The van der Waals surface area contributed by atoms with E-state index in [-0.39, 0.29) is 0 Å². The van der Waals surface area contributed by atoms with E-state index in [0.29, 0.717) is 11.2 Å². The van der Waals surface area contributed by atoms with Crippen molar-refractivity contribution < 1.29 is 0 Å². The van der Waals surface area contributed by atoms with Crippen LogP contribution >= 0.6 is 12.2 Å². The van der Waals surface area contributed by atoms with Crippen LogP contribution in [-0.4, -0.2) is 15.9 Å². The number of anilines is 1. The number of rotatable bonds is 4. The molecule has 114 valence electrons. The number of para-hydroxylation sites is 1.